The molecule has 0 atom stereocenters. The Hall–Kier alpha value is -0.770. The van der Waals surface area contributed by atoms with E-state index in [1.807, 2.05) is 0 Å². The minimum atomic E-state index is 0. The first kappa shape index (κ1) is 18.0. The second-order valence-electron chi connectivity index (χ2n) is 7.60. The van der Waals surface area contributed by atoms with Gasteiger partial charge in [-0.15, -0.1) is 12.4 Å². The van der Waals surface area contributed by atoms with Gasteiger partial charge in [-0.3, -0.25) is 4.90 Å². The van der Waals surface area contributed by atoms with Crippen LogP contribution in [0, 0.1) is 5.92 Å². The van der Waals surface area contributed by atoms with Crippen molar-refractivity contribution in [2.24, 2.45) is 5.92 Å². The molecule has 0 aromatic heterocycles. The van der Waals surface area contributed by atoms with E-state index >= 15 is 0 Å². The van der Waals surface area contributed by atoms with Gasteiger partial charge in [0.1, 0.15) is 5.75 Å². The van der Waals surface area contributed by atoms with Crippen LogP contribution in [0.4, 0.5) is 0 Å². The molecule has 0 radical (unpaired) electrons. The lowest BCUT2D eigenvalue weighted by Crippen LogP contribution is -2.40. The number of hydrogen-bond donors (Lipinski definition) is 1. The van der Waals surface area contributed by atoms with E-state index < -0.39 is 0 Å². The van der Waals surface area contributed by atoms with Crippen LogP contribution in [0.3, 0.4) is 0 Å². The van der Waals surface area contributed by atoms with Crippen LogP contribution in [0.25, 0.3) is 0 Å². The molecule has 1 N–H and O–H groups in total. The molecule has 4 heteroatoms. The van der Waals surface area contributed by atoms with Crippen molar-refractivity contribution < 1.29 is 4.74 Å². The zero-order valence-corrected chi connectivity index (χ0v) is 15.5. The standard InChI is InChI=1S/C20H30N2O.ClH/c1-2-4-19(3-1)22(14-16-7-10-21-11-8-16)15-17-5-6-20-18(13-17)9-12-23-20;/h5-6,13,16,19,21H,1-4,7-12,14-15H2;1H. The van der Waals surface area contributed by atoms with E-state index in [2.05, 4.69) is 28.4 Å². The molecule has 1 aromatic rings. The highest BCUT2D eigenvalue weighted by Crippen LogP contribution is 2.30. The predicted molar refractivity (Wildman–Crippen MR) is 101 cm³/mol. The van der Waals surface area contributed by atoms with E-state index in [1.54, 1.807) is 0 Å². The zero-order valence-electron chi connectivity index (χ0n) is 14.6. The van der Waals surface area contributed by atoms with Crippen molar-refractivity contribution in [2.75, 3.05) is 26.2 Å². The van der Waals surface area contributed by atoms with Gasteiger partial charge in [0.05, 0.1) is 6.61 Å². The molecule has 3 aliphatic rings. The van der Waals surface area contributed by atoms with Crippen LogP contribution in [0.1, 0.15) is 49.7 Å². The average Bonchev–Trinajstić information content (AvgIpc) is 3.26. The normalized spacial score (nSPS) is 21.5. The van der Waals surface area contributed by atoms with E-state index in [1.165, 1.54) is 69.3 Å². The van der Waals surface area contributed by atoms with Gasteiger partial charge in [-0.2, -0.15) is 0 Å². The molecule has 0 unspecified atom stereocenters. The first-order chi connectivity index (χ1) is 11.4. The molecule has 1 saturated heterocycles. The highest BCUT2D eigenvalue weighted by molar-refractivity contribution is 5.85. The summed E-state index contributed by atoms with van der Waals surface area (Å²) >= 11 is 0. The monoisotopic (exact) mass is 350 g/mol. The van der Waals surface area contributed by atoms with Crippen LogP contribution in [0.2, 0.25) is 0 Å². The Morgan fingerprint density at radius 3 is 2.67 bits per heavy atom. The third-order valence-electron chi connectivity index (χ3n) is 5.93. The van der Waals surface area contributed by atoms with Gasteiger partial charge < -0.3 is 10.1 Å². The fourth-order valence-electron chi connectivity index (χ4n) is 4.58. The van der Waals surface area contributed by atoms with Gasteiger partial charge >= 0.3 is 0 Å². The van der Waals surface area contributed by atoms with E-state index in [0.29, 0.717) is 0 Å². The summed E-state index contributed by atoms with van der Waals surface area (Å²) < 4.78 is 5.66. The molecular weight excluding hydrogens is 320 g/mol. The molecule has 1 aromatic carbocycles. The number of ether oxygens (including phenoxy) is 1. The molecular formula is C20H31ClN2O. The van der Waals surface area contributed by atoms with Crippen molar-refractivity contribution >= 4 is 12.4 Å². The van der Waals surface area contributed by atoms with Crippen molar-refractivity contribution in [2.45, 2.75) is 57.5 Å². The molecule has 2 fully saturated rings. The van der Waals surface area contributed by atoms with E-state index in [-0.39, 0.29) is 12.4 Å². The molecule has 1 saturated carbocycles. The molecule has 1 aliphatic carbocycles. The quantitative estimate of drug-likeness (QED) is 0.874. The number of rotatable bonds is 5. The Bertz CT molecular complexity index is 524. The van der Waals surface area contributed by atoms with Gasteiger partial charge in [-0.1, -0.05) is 25.0 Å². The minimum Gasteiger partial charge on any atom is -0.493 e. The summed E-state index contributed by atoms with van der Waals surface area (Å²) in [6, 6.07) is 7.69. The smallest absolute Gasteiger partial charge is 0.122 e. The molecule has 0 bridgehead atoms. The Labute approximate surface area is 152 Å². The number of fused-ring (bicyclic) bond motifs is 1. The second kappa shape index (κ2) is 8.55. The van der Waals surface area contributed by atoms with Gasteiger partial charge in [0, 0.05) is 25.6 Å². The summed E-state index contributed by atoms with van der Waals surface area (Å²) in [5.41, 5.74) is 2.89. The molecule has 2 heterocycles. The Morgan fingerprint density at radius 1 is 1.08 bits per heavy atom. The molecule has 2 aliphatic heterocycles. The van der Waals surface area contributed by atoms with Crippen LogP contribution < -0.4 is 10.1 Å². The first-order valence-electron chi connectivity index (χ1n) is 9.58. The number of nitrogens with zero attached hydrogens (tertiary/aromatic N) is 1. The lowest BCUT2D eigenvalue weighted by atomic mass is 9.96. The minimum absolute atomic E-state index is 0. The number of hydrogen-bond acceptors (Lipinski definition) is 3. The Balaban J connectivity index is 0.00000169. The van der Waals surface area contributed by atoms with Gasteiger partial charge in [-0.05, 0) is 61.9 Å². The van der Waals surface area contributed by atoms with Crippen molar-refractivity contribution in [3.63, 3.8) is 0 Å². The van der Waals surface area contributed by atoms with Crippen LogP contribution >= 0.6 is 12.4 Å². The zero-order chi connectivity index (χ0) is 15.5. The van der Waals surface area contributed by atoms with Crippen molar-refractivity contribution in [3.05, 3.63) is 29.3 Å². The van der Waals surface area contributed by atoms with E-state index in [9.17, 15) is 0 Å². The van der Waals surface area contributed by atoms with Crippen LogP contribution in [0.5, 0.6) is 5.75 Å². The van der Waals surface area contributed by atoms with Crippen LogP contribution in [0.15, 0.2) is 18.2 Å². The summed E-state index contributed by atoms with van der Waals surface area (Å²) in [7, 11) is 0. The van der Waals surface area contributed by atoms with Crippen molar-refractivity contribution in [3.8, 4) is 5.75 Å². The third-order valence-corrected chi connectivity index (χ3v) is 5.93. The van der Waals surface area contributed by atoms with E-state index in [4.69, 9.17) is 4.74 Å². The van der Waals surface area contributed by atoms with Crippen molar-refractivity contribution in [1.29, 1.82) is 0 Å². The molecule has 3 nitrogen and oxygen atoms in total. The molecule has 134 valence electrons. The maximum Gasteiger partial charge on any atom is 0.122 e. The highest BCUT2D eigenvalue weighted by Gasteiger charge is 2.26. The van der Waals surface area contributed by atoms with Crippen LogP contribution in [-0.2, 0) is 13.0 Å². The van der Waals surface area contributed by atoms with Gasteiger partial charge in [0.15, 0.2) is 0 Å². The van der Waals surface area contributed by atoms with Gasteiger partial charge in [-0.25, -0.2) is 0 Å². The molecule has 4 rings (SSSR count). The van der Waals surface area contributed by atoms with E-state index in [0.717, 1.165) is 37.3 Å². The fraction of sp³-hybridized carbons (Fsp3) is 0.700. The fourth-order valence-corrected chi connectivity index (χ4v) is 4.58. The lowest BCUT2D eigenvalue weighted by Gasteiger charge is -2.34. The number of piperidine rings is 1. The largest absolute Gasteiger partial charge is 0.493 e. The lowest BCUT2D eigenvalue weighted by molar-refractivity contribution is 0.145. The first-order valence-corrected chi connectivity index (χ1v) is 9.58. The van der Waals surface area contributed by atoms with Crippen molar-refractivity contribution in [1.82, 2.24) is 10.2 Å². The predicted octanol–water partition coefficient (Wildman–Crippen LogP) is 3.79. The van der Waals surface area contributed by atoms with Gasteiger partial charge in [0.25, 0.3) is 0 Å². The summed E-state index contributed by atoms with van der Waals surface area (Å²) in [6.45, 7) is 5.70. The SMILES string of the molecule is Cl.c1cc2c(cc1CN(CC1CCNCC1)C1CCCC1)CCO2. The number of benzene rings is 1. The maximum absolute atomic E-state index is 5.66. The molecule has 0 amide bonds. The third kappa shape index (κ3) is 4.25. The Kier molecular flexibility index (Phi) is 6.43. The summed E-state index contributed by atoms with van der Waals surface area (Å²) in [6.07, 6.45) is 9.43. The summed E-state index contributed by atoms with van der Waals surface area (Å²) in [5, 5.41) is 3.50. The highest BCUT2D eigenvalue weighted by atomic mass is 35.5. The second-order valence-corrected chi connectivity index (χ2v) is 7.60. The van der Waals surface area contributed by atoms with Gasteiger partial charge in [0.2, 0.25) is 0 Å². The van der Waals surface area contributed by atoms with Crippen LogP contribution in [-0.4, -0.2) is 37.2 Å². The topological polar surface area (TPSA) is 24.5 Å². The average molecular weight is 351 g/mol. The Morgan fingerprint density at radius 2 is 1.88 bits per heavy atom. The number of nitrogens with one attached hydrogen (secondary N) is 1. The molecule has 0 spiro atoms. The summed E-state index contributed by atoms with van der Waals surface area (Å²) in [5.74, 6) is 1.99. The number of halogens is 1. The maximum atomic E-state index is 5.66. The summed E-state index contributed by atoms with van der Waals surface area (Å²) in [4.78, 5) is 2.81. The molecule has 24 heavy (non-hydrogen) atoms.